The molecule has 6 heteroatoms. The molecule has 28 heavy (non-hydrogen) atoms. The number of nitrogens with zero attached hydrogens (tertiary/aromatic N) is 1. The number of carbonyl (C=O) groups excluding carboxylic acids is 1. The number of aryl methyl sites for hydroxylation is 1. The van der Waals surface area contributed by atoms with Crippen LogP contribution in [0.3, 0.4) is 0 Å². The van der Waals surface area contributed by atoms with Gasteiger partial charge < -0.3 is 15.0 Å². The predicted octanol–water partition coefficient (Wildman–Crippen LogP) is 4.54. The molecule has 5 nitrogen and oxygen atoms in total. The van der Waals surface area contributed by atoms with Crippen LogP contribution in [-0.4, -0.2) is 28.0 Å². The number of carbonyl (C=O) groups is 1. The van der Waals surface area contributed by atoms with Crippen molar-refractivity contribution in [3.63, 3.8) is 0 Å². The molecule has 0 aliphatic rings. The monoisotopic (exact) mass is 381 g/mol. The van der Waals surface area contributed by atoms with Crippen molar-refractivity contribution in [2.75, 3.05) is 6.61 Å². The van der Waals surface area contributed by atoms with Crippen LogP contribution in [0.5, 0.6) is 5.75 Å². The Bertz CT molecular complexity index is 1010. The van der Waals surface area contributed by atoms with Gasteiger partial charge in [0, 0.05) is 11.6 Å². The number of pyridine rings is 1. The van der Waals surface area contributed by atoms with Crippen LogP contribution in [0.4, 0.5) is 4.39 Å². The summed E-state index contributed by atoms with van der Waals surface area (Å²) in [6.07, 6.45) is 2.33. The van der Waals surface area contributed by atoms with Crippen LogP contribution >= 0.6 is 0 Å². The summed E-state index contributed by atoms with van der Waals surface area (Å²) in [6.45, 7) is 9.80. The third-order valence-electron chi connectivity index (χ3n) is 4.45. The zero-order valence-electron chi connectivity index (χ0n) is 16.3. The van der Waals surface area contributed by atoms with Gasteiger partial charge in [0.25, 0.3) is 5.91 Å². The smallest absolute Gasteiger partial charge is 0.253 e. The molecule has 1 aromatic carbocycles. The van der Waals surface area contributed by atoms with E-state index >= 15 is 0 Å². The normalized spacial score (nSPS) is 13.1. The van der Waals surface area contributed by atoms with Gasteiger partial charge in [0.2, 0.25) is 0 Å². The number of aromatic nitrogens is 2. The molecule has 3 aromatic rings. The van der Waals surface area contributed by atoms with E-state index in [0.29, 0.717) is 23.4 Å². The van der Waals surface area contributed by atoms with E-state index in [1.165, 1.54) is 12.1 Å². The van der Waals surface area contributed by atoms with Crippen molar-refractivity contribution in [1.29, 1.82) is 0 Å². The molecule has 0 fully saturated rings. The maximum atomic E-state index is 13.1. The van der Waals surface area contributed by atoms with Gasteiger partial charge >= 0.3 is 0 Å². The number of amides is 1. The van der Waals surface area contributed by atoms with E-state index < -0.39 is 5.54 Å². The minimum Gasteiger partial charge on any atom is -0.491 e. The molecule has 1 amide bonds. The Kier molecular flexibility index (Phi) is 5.49. The van der Waals surface area contributed by atoms with E-state index in [4.69, 9.17) is 4.74 Å². The first-order valence-corrected chi connectivity index (χ1v) is 9.06. The van der Waals surface area contributed by atoms with Crippen molar-refractivity contribution in [2.45, 2.75) is 32.7 Å². The van der Waals surface area contributed by atoms with Crippen molar-refractivity contribution in [3.8, 4) is 5.75 Å². The topological polar surface area (TPSA) is 67.0 Å². The zero-order valence-corrected chi connectivity index (χ0v) is 16.3. The lowest BCUT2D eigenvalue weighted by Crippen LogP contribution is -2.50. The molecule has 1 atom stereocenters. The van der Waals surface area contributed by atoms with E-state index in [1.54, 1.807) is 25.3 Å². The SMILES string of the molecule is C=C(C)CC(C)(COc1ccc(F)cc1)NC(=O)c1cc2cc[nH]c2nc1C. The molecular formula is C22H24FN3O2. The Morgan fingerprint density at radius 3 is 2.71 bits per heavy atom. The number of nitrogens with one attached hydrogen (secondary N) is 2. The van der Waals surface area contributed by atoms with E-state index in [-0.39, 0.29) is 18.3 Å². The number of hydrogen-bond donors (Lipinski definition) is 2. The van der Waals surface area contributed by atoms with Crippen LogP contribution in [0, 0.1) is 12.7 Å². The average molecular weight is 381 g/mol. The molecule has 146 valence electrons. The second-order valence-electron chi connectivity index (χ2n) is 7.43. The second kappa shape index (κ2) is 7.84. The Labute approximate surface area is 163 Å². The highest BCUT2D eigenvalue weighted by Gasteiger charge is 2.29. The molecule has 0 aliphatic heterocycles. The molecule has 0 bridgehead atoms. The van der Waals surface area contributed by atoms with Gasteiger partial charge in [-0.25, -0.2) is 9.37 Å². The molecule has 0 saturated heterocycles. The third-order valence-corrected chi connectivity index (χ3v) is 4.45. The Morgan fingerprint density at radius 1 is 1.32 bits per heavy atom. The average Bonchev–Trinajstić information content (AvgIpc) is 3.07. The molecule has 0 aliphatic carbocycles. The fourth-order valence-electron chi connectivity index (χ4n) is 3.22. The fraction of sp³-hybridized carbons (Fsp3) is 0.273. The molecule has 0 radical (unpaired) electrons. The molecule has 0 saturated carbocycles. The number of aromatic amines is 1. The highest BCUT2D eigenvalue weighted by Crippen LogP contribution is 2.21. The summed E-state index contributed by atoms with van der Waals surface area (Å²) in [7, 11) is 0. The van der Waals surface area contributed by atoms with Gasteiger partial charge in [-0.05, 0) is 63.6 Å². The summed E-state index contributed by atoms with van der Waals surface area (Å²) < 4.78 is 18.9. The van der Waals surface area contributed by atoms with Gasteiger partial charge in [0.1, 0.15) is 23.8 Å². The number of ether oxygens (including phenoxy) is 1. The van der Waals surface area contributed by atoms with Gasteiger partial charge in [0.15, 0.2) is 0 Å². The lowest BCUT2D eigenvalue weighted by atomic mass is 9.94. The van der Waals surface area contributed by atoms with Crippen LogP contribution < -0.4 is 10.1 Å². The third kappa shape index (κ3) is 4.57. The molecule has 0 spiro atoms. The second-order valence-corrected chi connectivity index (χ2v) is 7.43. The van der Waals surface area contributed by atoms with Gasteiger partial charge in [-0.15, -0.1) is 6.58 Å². The van der Waals surface area contributed by atoms with E-state index in [1.807, 2.05) is 26.0 Å². The van der Waals surface area contributed by atoms with Crippen molar-refractivity contribution in [1.82, 2.24) is 15.3 Å². The summed E-state index contributed by atoms with van der Waals surface area (Å²) in [5.74, 6) is -0.0109. The predicted molar refractivity (Wildman–Crippen MR) is 108 cm³/mol. The van der Waals surface area contributed by atoms with Gasteiger partial charge in [-0.2, -0.15) is 0 Å². The minimum atomic E-state index is -0.684. The number of halogens is 1. The quantitative estimate of drug-likeness (QED) is 0.590. The summed E-state index contributed by atoms with van der Waals surface area (Å²) >= 11 is 0. The lowest BCUT2D eigenvalue weighted by molar-refractivity contribution is 0.0865. The van der Waals surface area contributed by atoms with E-state index in [0.717, 1.165) is 16.6 Å². The van der Waals surface area contributed by atoms with Crippen LogP contribution in [0.15, 0.2) is 54.7 Å². The molecule has 2 N–H and O–H groups in total. The lowest BCUT2D eigenvalue weighted by Gasteiger charge is -2.31. The summed E-state index contributed by atoms with van der Waals surface area (Å²) in [5.41, 5.74) is 2.14. The number of fused-ring (bicyclic) bond motifs is 1. The first-order chi connectivity index (χ1) is 13.3. The first-order valence-electron chi connectivity index (χ1n) is 9.06. The van der Waals surface area contributed by atoms with Crippen molar-refractivity contribution in [3.05, 3.63) is 71.8 Å². The Balaban J connectivity index is 1.79. The number of hydrogen-bond acceptors (Lipinski definition) is 3. The van der Waals surface area contributed by atoms with Crippen LogP contribution in [0.25, 0.3) is 11.0 Å². The summed E-state index contributed by atoms with van der Waals surface area (Å²) in [6, 6.07) is 9.50. The van der Waals surface area contributed by atoms with Crippen LogP contribution in [0.1, 0.15) is 36.3 Å². The van der Waals surface area contributed by atoms with E-state index in [2.05, 4.69) is 21.9 Å². The maximum Gasteiger partial charge on any atom is 0.253 e. The highest BCUT2D eigenvalue weighted by molar-refractivity contribution is 5.98. The van der Waals surface area contributed by atoms with Crippen molar-refractivity contribution in [2.24, 2.45) is 0 Å². The van der Waals surface area contributed by atoms with Gasteiger partial charge in [-0.3, -0.25) is 4.79 Å². The minimum absolute atomic E-state index is 0.218. The van der Waals surface area contributed by atoms with Gasteiger partial charge in [0.05, 0.1) is 16.8 Å². The number of rotatable bonds is 7. The number of H-pyrrole nitrogens is 1. The van der Waals surface area contributed by atoms with Crippen molar-refractivity contribution < 1.29 is 13.9 Å². The van der Waals surface area contributed by atoms with Crippen molar-refractivity contribution >= 4 is 16.9 Å². The molecule has 2 aromatic heterocycles. The molecule has 3 rings (SSSR count). The molecular weight excluding hydrogens is 357 g/mol. The standard InChI is InChI=1S/C22H24FN3O2/c1-14(2)12-22(4,13-28-18-7-5-17(23)6-8-18)26-21(27)19-11-16-9-10-24-20(16)25-15(19)3/h5-11H,1,12-13H2,2-4H3,(H,24,25)(H,26,27). The largest absolute Gasteiger partial charge is 0.491 e. The fourth-order valence-corrected chi connectivity index (χ4v) is 3.22. The molecule has 2 heterocycles. The zero-order chi connectivity index (χ0) is 20.3. The van der Waals surface area contributed by atoms with Crippen LogP contribution in [-0.2, 0) is 0 Å². The highest BCUT2D eigenvalue weighted by atomic mass is 19.1. The summed E-state index contributed by atoms with van der Waals surface area (Å²) in [5, 5.41) is 3.95. The number of benzene rings is 1. The summed E-state index contributed by atoms with van der Waals surface area (Å²) in [4.78, 5) is 20.5. The van der Waals surface area contributed by atoms with Gasteiger partial charge in [-0.1, -0.05) is 5.57 Å². The molecule has 1 unspecified atom stereocenters. The first kappa shape index (κ1) is 19.6. The maximum absolute atomic E-state index is 13.1. The van der Waals surface area contributed by atoms with E-state index in [9.17, 15) is 9.18 Å². The Morgan fingerprint density at radius 2 is 2.04 bits per heavy atom. The van der Waals surface area contributed by atoms with Crippen LogP contribution in [0.2, 0.25) is 0 Å². The Hall–Kier alpha value is -3.15.